The zero-order chi connectivity index (χ0) is 30.8. The summed E-state index contributed by atoms with van der Waals surface area (Å²) in [5.74, 6) is -0.258. The minimum Gasteiger partial charge on any atom is -0.379 e. The van der Waals surface area contributed by atoms with Gasteiger partial charge >= 0.3 is 0 Å². The highest BCUT2D eigenvalue weighted by Crippen LogP contribution is 2.50. The molecule has 0 aromatic heterocycles. The minimum atomic E-state index is -1.45. The fraction of sp³-hybridized carbons (Fsp3) is 0.879. The van der Waals surface area contributed by atoms with Gasteiger partial charge in [-0.25, -0.2) is 4.39 Å². The Kier molecular flexibility index (Phi) is 10.6. The first kappa shape index (κ1) is 32.3. The van der Waals surface area contributed by atoms with E-state index >= 15 is 4.39 Å². The van der Waals surface area contributed by atoms with Gasteiger partial charge in [0.1, 0.15) is 6.17 Å². The predicted octanol–water partition coefficient (Wildman–Crippen LogP) is 1.29. The summed E-state index contributed by atoms with van der Waals surface area (Å²) in [6.07, 6.45) is 9.40. The molecule has 5 fully saturated rings. The number of halogens is 1. The van der Waals surface area contributed by atoms with Crippen LogP contribution in [0.15, 0.2) is 11.8 Å². The summed E-state index contributed by atoms with van der Waals surface area (Å²) in [5.41, 5.74) is 6.77. The Balaban J connectivity index is 1.21. The van der Waals surface area contributed by atoms with E-state index < -0.39 is 30.3 Å². The lowest BCUT2D eigenvalue weighted by atomic mass is 9.64. The summed E-state index contributed by atoms with van der Waals surface area (Å²) >= 11 is 0. The van der Waals surface area contributed by atoms with Gasteiger partial charge in [-0.05, 0) is 77.7 Å². The van der Waals surface area contributed by atoms with Crippen molar-refractivity contribution in [2.45, 2.75) is 100 Å². The van der Waals surface area contributed by atoms with Crippen molar-refractivity contribution in [2.75, 3.05) is 66.6 Å². The lowest BCUT2D eigenvalue weighted by Crippen LogP contribution is -2.77. The van der Waals surface area contributed by atoms with Crippen molar-refractivity contribution in [3.8, 4) is 0 Å². The molecule has 3 heterocycles. The Bertz CT molecular complexity index is 1040. The fourth-order valence-electron chi connectivity index (χ4n) is 9.04. The summed E-state index contributed by atoms with van der Waals surface area (Å²) in [6, 6.07) is -1.92. The van der Waals surface area contributed by atoms with Gasteiger partial charge in [0.15, 0.2) is 5.78 Å². The number of unbranched alkanes of at least 4 members (excludes halogenated alkanes) is 1. The molecule has 3 aliphatic heterocycles. The number of hydrogen-bond acceptors (Lipinski definition) is 9. The van der Waals surface area contributed by atoms with Crippen LogP contribution < -0.4 is 16.4 Å². The third kappa shape index (κ3) is 6.74. The van der Waals surface area contributed by atoms with Crippen LogP contribution in [0.2, 0.25) is 0 Å². The molecule has 0 radical (unpaired) electrons. The molecule has 0 aromatic carbocycles. The molecule has 1 amide bonds. The number of rotatable bonds is 11. The SMILES string of the molecule is CN(C)CCCCNC(=O)C1=CN2C3CC4CCCCC4CC3OC3C(NCCCN4CCOCC4)C(F)C(N)C(C1=O)C32. The number of nitrogens with two attached hydrogens (primary N) is 1. The van der Waals surface area contributed by atoms with Crippen LogP contribution in [-0.2, 0) is 19.1 Å². The molecule has 6 aliphatic rings. The van der Waals surface area contributed by atoms with E-state index in [1.54, 1.807) is 0 Å². The number of alkyl halides is 1. The first-order valence-corrected chi connectivity index (χ1v) is 17.4. The Morgan fingerprint density at radius 3 is 2.59 bits per heavy atom. The molecule has 44 heavy (non-hydrogen) atoms. The second-order valence-electron chi connectivity index (χ2n) is 14.4. The van der Waals surface area contributed by atoms with E-state index in [-0.39, 0.29) is 35.5 Å². The van der Waals surface area contributed by atoms with Gasteiger partial charge in [0.05, 0.1) is 55.0 Å². The summed E-state index contributed by atoms with van der Waals surface area (Å²) < 4.78 is 28.7. The largest absolute Gasteiger partial charge is 0.379 e. The van der Waals surface area contributed by atoms with Crippen LogP contribution in [0, 0.1) is 17.8 Å². The van der Waals surface area contributed by atoms with E-state index in [0.717, 1.165) is 71.5 Å². The van der Waals surface area contributed by atoms with Gasteiger partial charge in [0.25, 0.3) is 5.91 Å². The smallest absolute Gasteiger partial charge is 0.256 e. The third-order valence-electron chi connectivity index (χ3n) is 11.4. The number of carbonyl (C=O) groups is 2. The average Bonchev–Trinajstić information content (AvgIpc) is 3.02. The van der Waals surface area contributed by atoms with Gasteiger partial charge in [0.2, 0.25) is 0 Å². The average molecular weight is 619 g/mol. The second kappa shape index (κ2) is 14.4. The number of hydrogen-bond donors (Lipinski definition) is 3. The molecule has 4 N–H and O–H groups in total. The molecule has 2 saturated heterocycles. The normalized spacial score (nSPS) is 38.9. The number of nitrogens with one attached hydrogen (secondary N) is 2. The second-order valence-corrected chi connectivity index (χ2v) is 14.4. The van der Waals surface area contributed by atoms with Crippen molar-refractivity contribution in [1.29, 1.82) is 0 Å². The first-order valence-electron chi connectivity index (χ1n) is 17.4. The topological polar surface area (TPSA) is 112 Å². The van der Waals surface area contributed by atoms with Gasteiger partial charge in [-0.3, -0.25) is 14.5 Å². The lowest BCUT2D eigenvalue weighted by molar-refractivity contribution is -0.211. The Morgan fingerprint density at radius 1 is 1.09 bits per heavy atom. The van der Waals surface area contributed by atoms with Gasteiger partial charge in [-0.1, -0.05) is 25.7 Å². The number of ether oxygens (including phenoxy) is 2. The molecular formula is C33H55FN6O4. The molecule has 10 atom stereocenters. The number of morpholine rings is 2. The van der Waals surface area contributed by atoms with Gasteiger partial charge in [0, 0.05) is 31.9 Å². The van der Waals surface area contributed by atoms with E-state index in [1.165, 1.54) is 25.7 Å². The van der Waals surface area contributed by atoms with Crippen LogP contribution >= 0.6 is 0 Å². The molecule has 0 spiro atoms. The van der Waals surface area contributed by atoms with Gasteiger partial charge in [-0.2, -0.15) is 0 Å². The summed E-state index contributed by atoms with van der Waals surface area (Å²) in [4.78, 5) is 34.2. The fourth-order valence-corrected chi connectivity index (χ4v) is 9.04. The molecule has 0 aromatic rings. The molecule has 10 nitrogen and oxygen atoms in total. The number of ketones is 1. The van der Waals surface area contributed by atoms with Crippen molar-refractivity contribution in [2.24, 2.45) is 23.5 Å². The van der Waals surface area contributed by atoms with Crippen LogP contribution in [0.5, 0.6) is 0 Å². The summed E-state index contributed by atoms with van der Waals surface area (Å²) in [7, 11) is 4.06. The van der Waals surface area contributed by atoms with Gasteiger partial charge < -0.3 is 35.6 Å². The van der Waals surface area contributed by atoms with Crippen molar-refractivity contribution in [1.82, 2.24) is 25.3 Å². The summed E-state index contributed by atoms with van der Waals surface area (Å²) in [5, 5.41) is 6.48. The molecular weight excluding hydrogens is 563 g/mol. The minimum absolute atomic E-state index is 0.0461. The highest BCUT2D eigenvalue weighted by molar-refractivity contribution is 6.20. The molecule has 10 unspecified atom stereocenters. The quantitative estimate of drug-likeness (QED) is 0.233. The van der Waals surface area contributed by atoms with E-state index in [4.69, 9.17) is 15.2 Å². The van der Waals surface area contributed by atoms with E-state index in [9.17, 15) is 9.59 Å². The molecule has 3 aliphatic carbocycles. The Hall–Kier alpha value is -1.63. The van der Waals surface area contributed by atoms with Crippen molar-refractivity contribution in [3.05, 3.63) is 11.8 Å². The van der Waals surface area contributed by atoms with Crippen LogP contribution in [0.25, 0.3) is 0 Å². The molecule has 11 heteroatoms. The first-order chi connectivity index (χ1) is 21.3. The lowest BCUT2D eigenvalue weighted by Gasteiger charge is -2.62. The van der Waals surface area contributed by atoms with E-state index in [2.05, 4.69) is 25.3 Å². The van der Waals surface area contributed by atoms with E-state index in [0.29, 0.717) is 24.9 Å². The van der Waals surface area contributed by atoms with Crippen molar-refractivity contribution < 1.29 is 23.5 Å². The maximum Gasteiger partial charge on any atom is 0.256 e. The highest BCUT2D eigenvalue weighted by Gasteiger charge is 2.62. The van der Waals surface area contributed by atoms with Crippen molar-refractivity contribution in [3.63, 3.8) is 0 Å². The Morgan fingerprint density at radius 2 is 1.84 bits per heavy atom. The number of amides is 1. The molecule has 248 valence electrons. The molecule has 6 rings (SSSR count). The number of Topliss-reactive ketones (excluding diaryl/α,β-unsaturated/α-hetero) is 1. The monoisotopic (exact) mass is 618 g/mol. The summed E-state index contributed by atoms with van der Waals surface area (Å²) in [6.45, 7) is 6.39. The predicted molar refractivity (Wildman–Crippen MR) is 167 cm³/mol. The highest BCUT2D eigenvalue weighted by atomic mass is 19.1. The van der Waals surface area contributed by atoms with E-state index in [1.807, 2.05) is 20.3 Å². The maximum absolute atomic E-state index is 16.3. The number of carbonyl (C=O) groups excluding carboxylic acids is 2. The van der Waals surface area contributed by atoms with Gasteiger partial charge in [-0.15, -0.1) is 0 Å². The van der Waals surface area contributed by atoms with Crippen molar-refractivity contribution >= 4 is 11.7 Å². The van der Waals surface area contributed by atoms with Crippen LogP contribution in [0.3, 0.4) is 0 Å². The number of fused-ring (bicyclic) bond motifs is 3. The third-order valence-corrected chi connectivity index (χ3v) is 11.4. The van der Waals surface area contributed by atoms with Crippen LogP contribution in [-0.4, -0.2) is 136 Å². The molecule has 0 bridgehead atoms. The molecule has 3 saturated carbocycles. The Labute approximate surface area is 262 Å². The maximum atomic E-state index is 16.3. The van der Waals surface area contributed by atoms with Crippen LogP contribution in [0.1, 0.15) is 57.8 Å². The zero-order valence-corrected chi connectivity index (χ0v) is 26.8. The standard InChI is InChI=1S/C33H55FN6O4/c1-38(2)12-6-5-10-37-33(42)23-20-40-24-18-21-8-3-4-9-22(21)19-25(24)44-32-29(27(34)28(35)26(30(32)40)31(23)41)36-11-7-13-39-14-16-43-17-15-39/h20-22,24-30,32,36H,3-19,35H2,1-2H3,(H,37,42). The zero-order valence-electron chi connectivity index (χ0n) is 26.8. The number of nitrogens with zero attached hydrogens (tertiary/aromatic N) is 3. The van der Waals surface area contributed by atoms with Crippen LogP contribution in [0.4, 0.5) is 4.39 Å².